The molecule has 1 aromatic carbocycles. The van der Waals surface area contributed by atoms with Crippen molar-refractivity contribution >= 4 is 18.7 Å². The van der Waals surface area contributed by atoms with Crippen LogP contribution in [0.1, 0.15) is 0 Å². The summed E-state index contributed by atoms with van der Waals surface area (Å²) in [4.78, 5) is 11.0. The van der Waals surface area contributed by atoms with Crippen molar-refractivity contribution in [1.29, 1.82) is 0 Å². The van der Waals surface area contributed by atoms with Crippen LogP contribution in [0.4, 0.5) is 0 Å². The van der Waals surface area contributed by atoms with Gasteiger partial charge in [0.25, 0.3) is 0 Å². The molecule has 0 amide bonds. The van der Waals surface area contributed by atoms with E-state index in [2.05, 4.69) is 0 Å². The summed E-state index contributed by atoms with van der Waals surface area (Å²) in [5.41, 5.74) is 0.0638. The van der Waals surface area contributed by atoms with Crippen molar-refractivity contribution in [3.63, 3.8) is 0 Å². The van der Waals surface area contributed by atoms with Crippen LogP contribution in [0.3, 0.4) is 0 Å². The molecule has 0 fully saturated rings. The molecular formula is C9H5BO4. The van der Waals surface area contributed by atoms with Crippen molar-refractivity contribution in [3.8, 4) is 11.5 Å². The molecule has 0 saturated carbocycles. The van der Waals surface area contributed by atoms with E-state index in [9.17, 15) is 4.79 Å². The Bertz CT molecular complexity index is 560. The molecule has 1 aliphatic heterocycles. The Labute approximate surface area is 79.4 Å². The average Bonchev–Trinajstić information content (AvgIpc) is 2.65. The summed E-state index contributed by atoms with van der Waals surface area (Å²) in [5.74, 6) is 1.13. The van der Waals surface area contributed by atoms with Crippen molar-refractivity contribution in [2.75, 3.05) is 0 Å². The Kier molecular flexibility index (Phi) is 1.36. The van der Waals surface area contributed by atoms with Gasteiger partial charge in [0.05, 0.1) is 0 Å². The Morgan fingerprint density at radius 3 is 2.86 bits per heavy atom. The Hall–Kier alpha value is -1.91. The van der Waals surface area contributed by atoms with Gasteiger partial charge in [-0.05, 0) is 18.2 Å². The summed E-state index contributed by atoms with van der Waals surface area (Å²) in [6.45, 7) is 0. The normalized spacial score (nSPS) is 12.9. The van der Waals surface area contributed by atoms with Gasteiger partial charge in [0.1, 0.15) is 5.75 Å². The Morgan fingerprint density at radius 2 is 1.93 bits per heavy atom. The van der Waals surface area contributed by atoms with E-state index in [1.54, 1.807) is 12.1 Å². The van der Waals surface area contributed by atoms with Crippen LogP contribution in [0.5, 0.6) is 11.5 Å². The van der Waals surface area contributed by atoms with E-state index in [0.29, 0.717) is 17.1 Å². The summed E-state index contributed by atoms with van der Waals surface area (Å²) >= 11 is 0. The van der Waals surface area contributed by atoms with Crippen LogP contribution in [0.2, 0.25) is 0 Å². The van der Waals surface area contributed by atoms with Gasteiger partial charge in [-0.3, -0.25) is 0 Å². The molecule has 0 radical (unpaired) electrons. The van der Waals surface area contributed by atoms with Crippen LogP contribution in [0.15, 0.2) is 33.5 Å². The van der Waals surface area contributed by atoms with Gasteiger partial charge in [-0.15, -0.1) is 0 Å². The molecule has 1 aromatic heterocycles. The lowest BCUT2D eigenvalue weighted by Crippen LogP contribution is -2.00. The average molecular weight is 188 g/mol. The van der Waals surface area contributed by atoms with Gasteiger partial charge in [-0.2, -0.15) is 0 Å². The zero-order valence-electron chi connectivity index (χ0n) is 7.15. The summed E-state index contributed by atoms with van der Waals surface area (Å²) in [6.07, 6.45) is 0. The highest BCUT2D eigenvalue weighted by Crippen LogP contribution is 2.37. The van der Waals surface area contributed by atoms with E-state index < -0.39 is 0 Å². The summed E-state index contributed by atoms with van der Waals surface area (Å²) in [6, 6.07) is 6.70. The van der Waals surface area contributed by atoms with Crippen LogP contribution < -0.4 is 14.9 Å². The zero-order chi connectivity index (χ0) is 9.54. The topological polar surface area (TPSA) is 48.7 Å². The monoisotopic (exact) mass is 188 g/mol. The zero-order valence-corrected chi connectivity index (χ0v) is 7.15. The third-order valence-electron chi connectivity index (χ3n) is 2.13. The number of benzene rings is 1. The minimum absolute atomic E-state index is 0.174. The lowest BCUT2D eigenvalue weighted by molar-refractivity contribution is 0.521. The standard InChI is InChI=1S/C9H5BO4/c11-7-4-2-5-1-3-6-9(8(5)12-7)14-10-13-6/h1-4,10H. The molecule has 2 aromatic rings. The number of fused-ring (bicyclic) bond motifs is 3. The molecule has 2 heterocycles. The first-order valence-electron chi connectivity index (χ1n) is 4.17. The predicted octanol–water partition coefficient (Wildman–Crippen LogP) is 0.831. The summed E-state index contributed by atoms with van der Waals surface area (Å²) < 4.78 is 15.4. The maximum atomic E-state index is 11.0. The van der Waals surface area contributed by atoms with E-state index >= 15 is 0 Å². The second-order valence-corrected chi connectivity index (χ2v) is 2.97. The van der Waals surface area contributed by atoms with Crippen molar-refractivity contribution in [1.82, 2.24) is 0 Å². The SMILES string of the molecule is O=c1ccc2ccc3c(c2o1)OBO3. The summed E-state index contributed by atoms with van der Waals surface area (Å²) in [7, 11) is 0.174. The van der Waals surface area contributed by atoms with Crippen LogP contribution in [-0.4, -0.2) is 7.69 Å². The molecular weight excluding hydrogens is 183 g/mol. The molecule has 0 bridgehead atoms. The molecule has 0 unspecified atom stereocenters. The van der Waals surface area contributed by atoms with Gasteiger partial charge in [0.15, 0.2) is 11.3 Å². The number of rotatable bonds is 0. The van der Waals surface area contributed by atoms with E-state index in [1.165, 1.54) is 6.07 Å². The van der Waals surface area contributed by atoms with Gasteiger partial charge in [0.2, 0.25) is 0 Å². The minimum Gasteiger partial charge on any atom is -0.526 e. The van der Waals surface area contributed by atoms with Crippen LogP contribution in [-0.2, 0) is 0 Å². The van der Waals surface area contributed by atoms with E-state index in [1.807, 2.05) is 6.07 Å². The molecule has 0 spiro atoms. The molecule has 0 aliphatic carbocycles. The smallest absolute Gasteiger partial charge is 0.526 e. The quantitative estimate of drug-likeness (QED) is 0.453. The highest BCUT2D eigenvalue weighted by Gasteiger charge is 2.19. The highest BCUT2D eigenvalue weighted by atomic mass is 16.6. The Balaban J connectivity index is 2.47. The van der Waals surface area contributed by atoms with Crippen LogP contribution in [0.25, 0.3) is 11.0 Å². The molecule has 4 nitrogen and oxygen atoms in total. The highest BCUT2D eigenvalue weighted by molar-refractivity contribution is 6.24. The van der Waals surface area contributed by atoms with Crippen molar-refractivity contribution in [2.45, 2.75) is 0 Å². The van der Waals surface area contributed by atoms with Gasteiger partial charge < -0.3 is 13.7 Å². The van der Waals surface area contributed by atoms with Crippen molar-refractivity contribution in [3.05, 3.63) is 34.7 Å². The molecule has 0 atom stereocenters. The molecule has 0 saturated heterocycles. The first-order chi connectivity index (χ1) is 6.84. The first kappa shape index (κ1) is 7.49. The second kappa shape index (κ2) is 2.54. The van der Waals surface area contributed by atoms with Crippen LogP contribution in [0, 0.1) is 0 Å². The largest absolute Gasteiger partial charge is 0.576 e. The predicted molar refractivity (Wildman–Crippen MR) is 50.9 cm³/mol. The van der Waals surface area contributed by atoms with E-state index in [4.69, 9.17) is 13.7 Å². The van der Waals surface area contributed by atoms with Gasteiger partial charge in [0, 0.05) is 11.5 Å². The van der Waals surface area contributed by atoms with Gasteiger partial charge >= 0.3 is 13.3 Å². The third-order valence-corrected chi connectivity index (χ3v) is 2.13. The lowest BCUT2D eigenvalue weighted by atomic mass is 10.2. The maximum Gasteiger partial charge on any atom is 0.576 e. The Morgan fingerprint density at radius 1 is 1.07 bits per heavy atom. The van der Waals surface area contributed by atoms with Gasteiger partial charge in [-0.1, -0.05) is 0 Å². The van der Waals surface area contributed by atoms with Crippen LogP contribution >= 0.6 is 0 Å². The molecule has 1 aliphatic rings. The summed E-state index contributed by atoms with van der Waals surface area (Å²) in [5, 5.41) is 0.828. The molecule has 5 heteroatoms. The third kappa shape index (κ3) is 0.922. The maximum absolute atomic E-state index is 11.0. The van der Waals surface area contributed by atoms with Crippen molar-refractivity contribution in [2.24, 2.45) is 0 Å². The van der Waals surface area contributed by atoms with Gasteiger partial charge in [-0.25, -0.2) is 4.79 Å². The van der Waals surface area contributed by atoms with E-state index in [-0.39, 0.29) is 13.3 Å². The fourth-order valence-corrected chi connectivity index (χ4v) is 1.49. The van der Waals surface area contributed by atoms with E-state index in [0.717, 1.165) is 5.39 Å². The molecule has 14 heavy (non-hydrogen) atoms. The lowest BCUT2D eigenvalue weighted by Gasteiger charge is -2.00. The number of hydrogen-bond donors (Lipinski definition) is 0. The number of hydrogen-bond acceptors (Lipinski definition) is 4. The molecule has 3 rings (SSSR count). The fraction of sp³-hybridized carbons (Fsp3) is 0. The minimum atomic E-state index is -0.388. The van der Waals surface area contributed by atoms with Crippen molar-refractivity contribution < 1.29 is 13.7 Å². The second-order valence-electron chi connectivity index (χ2n) is 2.97. The molecule has 68 valence electrons. The molecule has 0 N–H and O–H groups in total. The first-order valence-corrected chi connectivity index (χ1v) is 4.17. The fourth-order valence-electron chi connectivity index (χ4n) is 1.49.